The molecule has 144 valence electrons. The quantitative estimate of drug-likeness (QED) is 0.185. The Morgan fingerprint density at radius 1 is 0.958 bits per heavy atom. The first kappa shape index (κ1) is 21.6. The van der Waals surface area contributed by atoms with E-state index in [1.54, 1.807) is 0 Å². The summed E-state index contributed by atoms with van der Waals surface area (Å²) in [6.45, 7) is -0.615. The lowest BCUT2D eigenvalue weighted by atomic mass is 9.99. The van der Waals surface area contributed by atoms with E-state index in [0.717, 1.165) is 0 Å². The van der Waals surface area contributed by atoms with Crippen LogP contribution in [0.4, 0.5) is 0 Å². The molecule has 0 saturated carbocycles. The Hall–Kier alpha value is -0.440. The number of ether oxygens (including phenoxy) is 3. The van der Waals surface area contributed by atoms with Crippen LogP contribution in [0.15, 0.2) is 0 Å². The van der Waals surface area contributed by atoms with E-state index >= 15 is 0 Å². The van der Waals surface area contributed by atoms with Crippen LogP contribution >= 0.6 is 0 Å². The van der Waals surface area contributed by atoms with E-state index in [9.17, 15) is 30.6 Å². The first-order valence-electron chi connectivity index (χ1n) is 7.46. The third-order valence-corrected chi connectivity index (χ3v) is 3.73. The van der Waals surface area contributed by atoms with Crippen molar-refractivity contribution in [1.29, 1.82) is 0 Å². The normalized spacial score (nSPS) is 36.1. The molecule has 0 aliphatic carbocycles. The van der Waals surface area contributed by atoms with Crippen molar-refractivity contribution in [3.05, 3.63) is 0 Å². The Morgan fingerprint density at radius 3 is 2.08 bits per heavy atom. The van der Waals surface area contributed by atoms with Gasteiger partial charge in [0.2, 0.25) is 0 Å². The largest absolute Gasteiger partial charge is 0.394 e. The summed E-state index contributed by atoms with van der Waals surface area (Å²) < 4.78 is 15.4. The fourth-order valence-corrected chi connectivity index (χ4v) is 2.14. The van der Waals surface area contributed by atoms with Crippen LogP contribution in [-0.4, -0.2) is 116 Å². The summed E-state index contributed by atoms with van der Waals surface area (Å²) in [5, 5.41) is 75.1. The van der Waals surface area contributed by atoms with Crippen molar-refractivity contribution in [3.8, 4) is 0 Å². The molecule has 8 N–H and O–H groups in total. The second-order valence-corrected chi connectivity index (χ2v) is 5.54. The number of hydrogen-bond donors (Lipinski definition) is 8. The maximum Gasteiger partial charge on any atom is 0.187 e. The van der Waals surface area contributed by atoms with Crippen molar-refractivity contribution >= 4 is 0 Å². The number of aliphatic hydroxyl groups is 8. The van der Waals surface area contributed by atoms with Gasteiger partial charge in [-0.05, 0) is 6.92 Å². The van der Waals surface area contributed by atoms with Crippen LogP contribution in [0.1, 0.15) is 6.92 Å². The molecule has 0 aromatic heterocycles. The Morgan fingerprint density at radius 2 is 1.58 bits per heavy atom. The molecule has 1 saturated heterocycles. The highest BCUT2D eigenvalue weighted by Gasteiger charge is 2.45. The lowest BCUT2D eigenvalue weighted by Crippen LogP contribution is -2.60. The molecule has 11 nitrogen and oxygen atoms in total. The van der Waals surface area contributed by atoms with Crippen LogP contribution in [0.25, 0.3) is 0 Å². The van der Waals surface area contributed by atoms with Crippen LogP contribution in [0.2, 0.25) is 0 Å². The van der Waals surface area contributed by atoms with Crippen LogP contribution in [0.3, 0.4) is 0 Å². The average Bonchev–Trinajstić information content (AvgIpc) is 2.58. The molecule has 0 spiro atoms. The monoisotopic (exact) mass is 358 g/mol. The molecule has 1 fully saturated rings. The first-order valence-corrected chi connectivity index (χ1v) is 7.46. The molecular formula is C13H26O11. The Bertz CT molecular complexity index is 355. The minimum Gasteiger partial charge on any atom is -0.394 e. The number of rotatable bonds is 9. The van der Waals surface area contributed by atoms with Gasteiger partial charge in [0.15, 0.2) is 12.6 Å². The molecule has 1 aliphatic rings. The summed E-state index contributed by atoms with van der Waals surface area (Å²) >= 11 is 0. The summed E-state index contributed by atoms with van der Waals surface area (Å²) in [5.41, 5.74) is 0. The summed E-state index contributed by atoms with van der Waals surface area (Å²) in [7, 11) is 0. The first-order chi connectivity index (χ1) is 11.3. The van der Waals surface area contributed by atoms with E-state index in [-0.39, 0.29) is 0 Å². The summed E-state index contributed by atoms with van der Waals surface area (Å²) in [5.74, 6) is 0. The second kappa shape index (κ2) is 9.89. The fraction of sp³-hybridized carbons (Fsp3) is 1.00. The predicted molar refractivity (Wildman–Crippen MR) is 75.4 cm³/mol. The predicted octanol–water partition coefficient (Wildman–Crippen LogP) is -4.76. The topological polar surface area (TPSA) is 190 Å². The van der Waals surface area contributed by atoms with Gasteiger partial charge in [-0.1, -0.05) is 0 Å². The number of hydrogen-bond acceptors (Lipinski definition) is 11. The minimum absolute atomic E-state index is 0.624. The second-order valence-electron chi connectivity index (χ2n) is 5.54. The lowest BCUT2D eigenvalue weighted by Gasteiger charge is -2.41. The third-order valence-electron chi connectivity index (χ3n) is 3.73. The zero-order chi connectivity index (χ0) is 18.4. The van der Waals surface area contributed by atoms with E-state index in [1.807, 2.05) is 0 Å². The number of aliphatic hydroxyl groups excluding tert-OH is 8. The molecule has 24 heavy (non-hydrogen) atoms. The van der Waals surface area contributed by atoms with Crippen LogP contribution in [0.5, 0.6) is 0 Å². The van der Waals surface area contributed by atoms with Crippen molar-refractivity contribution in [2.24, 2.45) is 0 Å². The molecule has 0 aromatic rings. The highest BCUT2D eigenvalue weighted by atomic mass is 16.7. The average molecular weight is 358 g/mol. The molecule has 9 atom stereocenters. The van der Waals surface area contributed by atoms with Gasteiger partial charge in [0, 0.05) is 0 Å². The zero-order valence-corrected chi connectivity index (χ0v) is 13.1. The minimum atomic E-state index is -1.78. The molecule has 0 amide bonds. The molecule has 0 bridgehead atoms. The maximum atomic E-state index is 9.87. The SMILES string of the molecule is C[C@H](O[C@@H]1OC(CO)[C@H](O)C(O)[C@@H]1O)C(CO)O[C@@H](O)[C@@H](O)CO. The highest BCUT2D eigenvalue weighted by Crippen LogP contribution is 2.24. The van der Waals surface area contributed by atoms with Gasteiger partial charge >= 0.3 is 0 Å². The molecule has 3 unspecified atom stereocenters. The molecule has 0 radical (unpaired) electrons. The molecule has 1 heterocycles. The van der Waals surface area contributed by atoms with Crippen molar-refractivity contribution in [2.45, 2.75) is 62.2 Å². The Labute approximate surface area is 138 Å². The molecule has 11 heteroatoms. The van der Waals surface area contributed by atoms with E-state index in [4.69, 9.17) is 24.4 Å². The van der Waals surface area contributed by atoms with Crippen molar-refractivity contribution in [2.75, 3.05) is 19.8 Å². The van der Waals surface area contributed by atoms with Gasteiger partial charge in [-0.25, -0.2) is 0 Å². The molecule has 0 aromatic carbocycles. The van der Waals surface area contributed by atoms with E-state index in [2.05, 4.69) is 0 Å². The fourth-order valence-electron chi connectivity index (χ4n) is 2.14. The lowest BCUT2D eigenvalue weighted by molar-refractivity contribution is -0.323. The maximum absolute atomic E-state index is 9.87. The van der Waals surface area contributed by atoms with Crippen LogP contribution in [-0.2, 0) is 14.2 Å². The van der Waals surface area contributed by atoms with Gasteiger partial charge in [0.1, 0.15) is 36.6 Å². The van der Waals surface area contributed by atoms with Gasteiger partial charge in [-0.2, -0.15) is 0 Å². The van der Waals surface area contributed by atoms with Gasteiger partial charge in [0.05, 0.1) is 25.9 Å². The van der Waals surface area contributed by atoms with Crippen molar-refractivity contribution in [3.63, 3.8) is 0 Å². The Kier molecular flexibility index (Phi) is 8.90. The van der Waals surface area contributed by atoms with E-state index in [1.165, 1.54) is 6.92 Å². The molecular weight excluding hydrogens is 332 g/mol. The standard InChI is InChI=1S/C13H26O11/c1-5(7(3-15)23-12(21)6(17)2-14)22-13-11(20)10(19)9(18)8(4-16)24-13/h5-21H,2-4H2,1H3/t5-,6-,7?,8?,9-,10?,11-,12+,13+/m0/s1. The van der Waals surface area contributed by atoms with Crippen molar-refractivity contribution < 1.29 is 55.1 Å². The van der Waals surface area contributed by atoms with Gasteiger partial charge in [-0.15, -0.1) is 0 Å². The summed E-state index contributed by atoms with van der Waals surface area (Å²) in [6, 6.07) is 0. The smallest absolute Gasteiger partial charge is 0.187 e. The Balaban J connectivity index is 2.67. The van der Waals surface area contributed by atoms with Crippen LogP contribution < -0.4 is 0 Å². The molecule has 1 aliphatic heterocycles. The highest BCUT2D eigenvalue weighted by molar-refractivity contribution is 4.89. The van der Waals surface area contributed by atoms with Gasteiger partial charge < -0.3 is 55.1 Å². The summed E-state index contributed by atoms with van der Waals surface area (Å²) in [6.07, 6.45) is -12.9. The third kappa shape index (κ3) is 5.28. The zero-order valence-electron chi connectivity index (χ0n) is 13.1. The molecule has 1 rings (SSSR count). The van der Waals surface area contributed by atoms with Gasteiger partial charge in [-0.3, -0.25) is 0 Å². The summed E-state index contributed by atoms with van der Waals surface area (Å²) in [4.78, 5) is 0. The van der Waals surface area contributed by atoms with Crippen molar-refractivity contribution in [1.82, 2.24) is 0 Å². The van der Waals surface area contributed by atoms with Gasteiger partial charge in [0.25, 0.3) is 0 Å². The van der Waals surface area contributed by atoms with Crippen LogP contribution in [0, 0.1) is 0 Å². The van der Waals surface area contributed by atoms with E-state index in [0.29, 0.717) is 0 Å². The van der Waals surface area contributed by atoms with E-state index < -0.39 is 75.1 Å².